The zero-order chi connectivity index (χ0) is 12.4. The summed E-state index contributed by atoms with van der Waals surface area (Å²) in [6.45, 7) is 5.14. The molecule has 0 aromatic heterocycles. The van der Waals surface area contributed by atoms with E-state index in [2.05, 4.69) is 30.4 Å². The molecule has 1 aliphatic carbocycles. The van der Waals surface area contributed by atoms with E-state index in [0.717, 1.165) is 19.8 Å². The van der Waals surface area contributed by atoms with Gasteiger partial charge in [-0.1, -0.05) is 18.2 Å². The average molecular weight is 245 g/mol. The van der Waals surface area contributed by atoms with E-state index in [0.29, 0.717) is 12.0 Å². The lowest BCUT2D eigenvalue weighted by atomic mass is 10.00. The van der Waals surface area contributed by atoms with Gasteiger partial charge in [0.15, 0.2) is 0 Å². The van der Waals surface area contributed by atoms with Crippen LogP contribution in [0.5, 0.6) is 0 Å². The number of nitrogens with one attached hydrogen (secondary N) is 1. The molecule has 2 nitrogen and oxygen atoms in total. The Balaban J connectivity index is 1.56. The first-order valence-electron chi connectivity index (χ1n) is 7.25. The summed E-state index contributed by atoms with van der Waals surface area (Å²) in [5.74, 6) is 0.694. The molecule has 2 heteroatoms. The topological polar surface area (TPSA) is 21.3 Å². The van der Waals surface area contributed by atoms with Crippen molar-refractivity contribution in [2.75, 3.05) is 13.2 Å². The lowest BCUT2D eigenvalue weighted by molar-refractivity contribution is 0.178. The third-order valence-corrected chi connectivity index (χ3v) is 4.46. The molecule has 1 heterocycles. The highest BCUT2D eigenvalue weighted by Gasteiger charge is 2.21. The molecule has 0 bridgehead atoms. The summed E-state index contributed by atoms with van der Waals surface area (Å²) in [6, 6.07) is 7.56. The van der Waals surface area contributed by atoms with Crippen LogP contribution >= 0.6 is 0 Å². The Morgan fingerprint density at radius 3 is 3.06 bits per heavy atom. The highest BCUT2D eigenvalue weighted by atomic mass is 16.5. The van der Waals surface area contributed by atoms with Crippen molar-refractivity contribution >= 4 is 0 Å². The number of hydrogen-bond acceptors (Lipinski definition) is 2. The summed E-state index contributed by atoms with van der Waals surface area (Å²) >= 11 is 0. The minimum absolute atomic E-state index is 0.556. The van der Waals surface area contributed by atoms with E-state index < -0.39 is 0 Å². The Bertz CT molecular complexity index is 410. The molecule has 1 aliphatic heterocycles. The first-order chi connectivity index (χ1) is 8.83. The Kier molecular flexibility index (Phi) is 3.67. The van der Waals surface area contributed by atoms with Gasteiger partial charge < -0.3 is 10.1 Å². The zero-order valence-corrected chi connectivity index (χ0v) is 11.2. The average Bonchev–Trinajstić information content (AvgIpc) is 3.05. The van der Waals surface area contributed by atoms with Crippen molar-refractivity contribution < 1.29 is 4.74 Å². The third-order valence-electron chi connectivity index (χ3n) is 4.46. The van der Waals surface area contributed by atoms with Gasteiger partial charge in [0.2, 0.25) is 0 Å². The highest BCUT2D eigenvalue weighted by molar-refractivity contribution is 5.35. The van der Waals surface area contributed by atoms with E-state index in [1.165, 1.54) is 31.2 Å². The normalized spacial score (nSPS) is 24.2. The minimum atomic E-state index is 0.556. The maximum absolute atomic E-state index is 5.45. The van der Waals surface area contributed by atoms with E-state index in [-0.39, 0.29) is 0 Å². The highest BCUT2D eigenvalue weighted by Crippen LogP contribution is 2.23. The van der Waals surface area contributed by atoms with Crippen molar-refractivity contribution in [3.63, 3.8) is 0 Å². The second kappa shape index (κ2) is 5.41. The second-order valence-electron chi connectivity index (χ2n) is 5.75. The largest absolute Gasteiger partial charge is 0.381 e. The summed E-state index contributed by atoms with van der Waals surface area (Å²) in [7, 11) is 0. The Hall–Kier alpha value is -0.860. The summed E-state index contributed by atoms with van der Waals surface area (Å²) < 4.78 is 5.45. The molecular formula is C16H23NO. The predicted molar refractivity (Wildman–Crippen MR) is 73.7 cm³/mol. The van der Waals surface area contributed by atoms with E-state index in [9.17, 15) is 0 Å². The van der Waals surface area contributed by atoms with E-state index in [4.69, 9.17) is 4.74 Å². The number of hydrogen-bond donors (Lipinski definition) is 1. The summed E-state index contributed by atoms with van der Waals surface area (Å²) in [6.07, 6.45) is 5.09. The van der Waals surface area contributed by atoms with Gasteiger partial charge in [-0.15, -0.1) is 0 Å². The van der Waals surface area contributed by atoms with Crippen LogP contribution in [0.25, 0.3) is 0 Å². The summed E-state index contributed by atoms with van der Waals surface area (Å²) in [5, 5.41) is 3.65. The monoisotopic (exact) mass is 245 g/mol. The Morgan fingerprint density at radius 2 is 2.22 bits per heavy atom. The molecule has 1 saturated heterocycles. The van der Waals surface area contributed by atoms with Gasteiger partial charge in [-0.25, -0.2) is 0 Å². The van der Waals surface area contributed by atoms with Crippen molar-refractivity contribution in [1.29, 1.82) is 0 Å². The van der Waals surface area contributed by atoms with Gasteiger partial charge in [-0.2, -0.15) is 0 Å². The third kappa shape index (κ3) is 2.60. The predicted octanol–water partition coefficient (Wildman–Crippen LogP) is 2.69. The molecule has 1 aromatic carbocycles. The molecule has 0 amide bonds. The van der Waals surface area contributed by atoms with Gasteiger partial charge in [0, 0.05) is 19.2 Å². The standard InChI is InChI=1S/C16H23NO/c1-12(16-7-8-18-11-16)17-10-13-5-6-14-3-2-4-15(14)9-13/h5-6,9,12,16-17H,2-4,7-8,10-11H2,1H3. The molecule has 98 valence electrons. The van der Waals surface area contributed by atoms with Crippen LogP contribution in [0.4, 0.5) is 0 Å². The number of ether oxygens (including phenoxy) is 1. The molecule has 2 aliphatic rings. The fourth-order valence-electron chi connectivity index (χ4n) is 3.13. The van der Waals surface area contributed by atoms with Crippen molar-refractivity contribution in [3.05, 3.63) is 34.9 Å². The molecule has 1 N–H and O–H groups in total. The van der Waals surface area contributed by atoms with Gasteiger partial charge in [0.25, 0.3) is 0 Å². The number of aryl methyl sites for hydroxylation is 2. The first-order valence-corrected chi connectivity index (χ1v) is 7.25. The van der Waals surface area contributed by atoms with E-state index in [1.54, 1.807) is 11.1 Å². The van der Waals surface area contributed by atoms with Crippen molar-refractivity contribution in [1.82, 2.24) is 5.32 Å². The zero-order valence-electron chi connectivity index (χ0n) is 11.2. The Morgan fingerprint density at radius 1 is 1.33 bits per heavy atom. The molecule has 18 heavy (non-hydrogen) atoms. The quantitative estimate of drug-likeness (QED) is 0.880. The fraction of sp³-hybridized carbons (Fsp3) is 0.625. The minimum Gasteiger partial charge on any atom is -0.381 e. The summed E-state index contributed by atoms with van der Waals surface area (Å²) in [5.41, 5.74) is 4.57. The van der Waals surface area contributed by atoms with Crippen molar-refractivity contribution in [2.24, 2.45) is 5.92 Å². The Labute approximate surface area is 110 Å². The SMILES string of the molecule is CC(NCc1ccc2c(c1)CCC2)C1CCOC1. The first kappa shape index (κ1) is 12.2. The maximum Gasteiger partial charge on any atom is 0.0509 e. The number of benzene rings is 1. The fourth-order valence-corrected chi connectivity index (χ4v) is 3.13. The van der Waals surface area contributed by atoms with Crippen LogP contribution in [0.1, 0.15) is 36.5 Å². The molecular weight excluding hydrogens is 222 g/mol. The van der Waals surface area contributed by atoms with Crippen LogP contribution in [0, 0.1) is 5.92 Å². The van der Waals surface area contributed by atoms with Crippen molar-refractivity contribution in [3.8, 4) is 0 Å². The van der Waals surface area contributed by atoms with Gasteiger partial charge in [0.05, 0.1) is 6.61 Å². The van der Waals surface area contributed by atoms with E-state index >= 15 is 0 Å². The van der Waals surface area contributed by atoms with Crippen LogP contribution in [0.3, 0.4) is 0 Å². The van der Waals surface area contributed by atoms with E-state index in [1.807, 2.05) is 0 Å². The molecule has 0 radical (unpaired) electrons. The van der Waals surface area contributed by atoms with Crippen molar-refractivity contribution in [2.45, 2.75) is 45.2 Å². The number of rotatable bonds is 4. The molecule has 3 rings (SSSR count). The van der Waals surface area contributed by atoms with Crippen LogP contribution in [0.15, 0.2) is 18.2 Å². The second-order valence-corrected chi connectivity index (χ2v) is 5.75. The molecule has 1 fully saturated rings. The van der Waals surface area contributed by atoms with Gasteiger partial charge in [-0.05, 0) is 55.2 Å². The van der Waals surface area contributed by atoms with Crippen LogP contribution in [-0.4, -0.2) is 19.3 Å². The lowest BCUT2D eigenvalue weighted by Crippen LogP contribution is -2.33. The van der Waals surface area contributed by atoms with Gasteiger partial charge in [-0.3, -0.25) is 0 Å². The van der Waals surface area contributed by atoms with Crippen LogP contribution in [0.2, 0.25) is 0 Å². The van der Waals surface area contributed by atoms with Crippen LogP contribution < -0.4 is 5.32 Å². The van der Waals surface area contributed by atoms with Gasteiger partial charge in [0.1, 0.15) is 0 Å². The lowest BCUT2D eigenvalue weighted by Gasteiger charge is -2.19. The maximum atomic E-state index is 5.45. The smallest absolute Gasteiger partial charge is 0.0509 e. The molecule has 0 spiro atoms. The molecule has 1 aromatic rings. The molecule has 0 saturated carbocycles. The van der Waals surface area contributed by atoms with Crippen LogP contribution in [-0.2, 0) is 24.1 Å². The molecule has 2 atom stereocenters. The molecule has 2 unspecified atom stereocenters. The summed E-state index contributed by atoms with van der Waals surface area (Å²) in [4.78, 5) is 0. The van der Waals surface area contributed by atoms with Gasteiger partial charge >= 0.3 is 0 Å². The number of fused-ring (bicyclic) bond motifs is 1.